The molecule has 4 aromatic carbocycles. The van der Waals surface area contributed by atoms with Gasteiger partial charge in [-0.1, -0.05) is 0 Å². The summed E-state index contributed by atoms with van der Waals surface area (Å²) in [4.78, 5) is 35.4. The van der Waals surface area contributed by atoms with Crippen LogP contribution in [0.1, 0.15) is 38.8 Å². The van der Waals surface area contributed by atoms with Crippen LogP contribution >= 0.6 is 0 Å². The SMILES string of the molecule is CC(=O)Nc1ccc(Oc2cc(C)cc(C(=O)Nc3ccc(Oc4cc(C)cc(C(=O)O)c4)cc3)c2)cc1. The molecule has 38 heavy (non-hydrogen) atoms. The van der Waals surface area contributed by atoms with Crippen molar-refractivity contribution in [3.63, 3.8) is 0 Å². The van der Waals surface area contributed by atoms with Gasteiger partial charge in [0, 0.05) is 23.9 Å². The van der Waals surface area contributed by atoms with Crippen LogP contribution < -0.4 is 20.1 Å². The first-order valence-electron chi connectivity index (χ1n) is 11.8. The van der Waals surface area contributed by atoms with Crippen molar-refractivity contribution in [1.29, 1.82) is 0 Å². The number of carboxylic acids is 1. The van der Waals surface area contributed by atoms with Gasteiger partial charge < -0.3 is 25.2 Å². The summed E-state index contributed by atoms with van der Waals surface area (Å²) >= 11 is 0. The van der Waals surface area contributed by atoms with E-state index in [4.69, 9.17) is 9.47 Å². The van der Waals surface area contributed by atoms with E-state index in [2.05, 4.69) is 10.6 Å². The van der Waals surface area contributed by atoms with Gasteiger partial charge in [-0.3, -0.25) is 9.59 Å². The monoisotopic (exact) mass is 510 g/mol. The Morgan fingerprint density at radius 1 is 0.605 bits per heavy atom. The number of amides is 2. The van der Waals surface area contributed by atoms with E-state index in [9.17, 15) is 19.5 Å². The average Bonchev–Trinajstić information content (AvgIpc) is 2.85. The fourth-order valence-corrected chi connectivity index (χ4v) is 3.76. The van der Waals surface area contributed by atoms with Crippen molar-refractivity contribution in [3.05, 3.63) is 107 Å². The van der Waals surface area contributed by atoms with Crippen LogP contribution in [0.3, 0.4) is 0 Å². The summed E-state index contributed by atoms with van der Waals surface area (Å²) in [5.41, 5.74) is 3.42. The third kappa shape index (κ3) is 6.98. The Morgan fingerprint density at radius 3 is 1.53 bits per heavy atom. The van der Waals surface area contributed by atoms with Crippen molar-refractivity contribution in [2.24, 2.45) is 0 Å². The molecule has 0 unspecified atom stereocenters. The zero-order chi connectivity index (χ0) is 27.2. The molecule has 0 saturated heterocycles. The highest BCUT2D eigenvalue weighted by Crippen LogP contribution is 2.27. The number of ether oxygens (including phenoxy) is 2. The number of rotatable bonds is 8. The van der Waals surface area contributed by atoms with Crippen LogP contribution in [0, 0.1) is 13.8 Å². The lowest BCUT2D eigenvalue weighted by molar-refractivity contribution is -0.114. The number of carbonyl (C=O) groups excluding carboxylic acids is 2. The van der Waals surface area contributed by atoms with E-state index in [1.165, 1.54) is 13.0 Å². The third-order valence-corrected chi connectivity index (χ3v) is 5.37. The molecular formula is C30H26N2O6. The topological polar surface area (TPSA) is 114 Å². The van der Waals surface area contributed by atoms with Crippen molar-refractivity contribution in [1.82, 2.24) is 0 Å². The summed E-state index contributed by atoms with van der Waals surface area (Å²) < 4.78 is 11.7. The van der Waals surface area contributed by atoms with Crippen LogP contribution in [0.25, 0.3) is 0 Å². The second-order valence-electron chi connectivity index (χ2n) is 8.76. The van der Waals surface area contributed by atoms with Gasteiger partial charge in [-0.25, -0.2) is 4.79 Å². The lowest BCUT2D eigenvalue weighted by atomic mass is 10.1. The number of nitrogens with one attached hydrogen (secondary N) is 2. The van der Waals surface area contributed by atoms with Crippen LogP contribution in [0.5, 0.6) is 23.0 Å². The molecule has 0 aromatic heterocycles. The smallest absolute Gasteiger partial charge is 0.335 e. The Labute approximate surface area is 219 Å². The molecule has 8 nitrogen and oxygen atoms in total. The van der Waals surface area contributed by atoms with Gasteiger partial charge in [0.1, 0.15) is 23.0 Å². The zero-order valence-corrected chi connectivity index (χ0v) is 21.1. The predicted octanol–water partition coefficient (Wildman–Crippen LogP) is 6.80. The molecule has 2 amide bonds. The van der Waals surface area contributed by atoms with Crippen LogP contribution in [0.15, 0.2) is 84.9 Å². The molecule has 0 radical (unpaired) electrons. The number of benzene rings is 4. The fourth-order valence-electron chi connectivity index (χ4n) is 3.76. The van der Waals surface area contributed by atoms with Crippen molar-refractivity contribution in [2.75, 3.05) is 10.6 Å². The second kappa shape index (κ2) is 11.3. The van der Waals surface area contributed by atoms with Crippen LogP contribution in [0.2, 0.25) is 0 Å². The summed E-state index contributed by atoms with van der Waals surface area (Å²) in [5.74, 6) is 0.493. The van der Waals surface area contributed by atoms with Crippen LogP contribution in [-0.4, -0.2) is 22.9 Å². The summed E-state index contributed by atoms with van der Waals surface area (Å²) in [6.45, 7) is 5.11. The Kier molecular flexibility index (Phi) is 7.72. The first-order valence-corrected chi connectivity index (χ1v) is 11.8. The molecule has 0 atom stereocenters. The summed E-state index contributed by atoms with van der Waals surface area (Å²) in [6, 6.07) is 23.7. The third-order valence-electron chi connectivity index (χ3n) is 5.37. The van der Waals surface area contributed by atoms with Crippen molar-refractivity contribution in [2.45, 2.75) is 20.8 Å². The number of anilines is 2. The van der Waals surface area contributed by atoms with Gasteiger partial charge >= 0.3 is 5.97 Å². The Balaban J connectivity index is 1.42. The molecule has 0 aliphatic carbocycles. The van der Waals surface area contributed by atoms with E-state index in [1.807, 2.05) is 13.0 Å². The normalized spacial score (nSPS) is 10.4. The molecule has 0 aliphatic rings. The Bertz CT molecular complexity index is 1490. The number of hydrogen-bond acceptors (Lipinski definition) is 5. The molecule has 0 bridgehead atoms. The standard InChI is InChI=1S/C30H26N2O6/c1-18-12-21(16-27(14-18)37-25-8-4-23(5-9-25)31-20(3)33)29(34)32-24-6-10-26(11-7-24)38-28-15-19(2)13-22(17-28)30(35)36/h4-17H,1-3H3,(H,31,33)(H,32,34)(H,35,36). The van der Waals surface area contributed by atoms with Gasteiger partial charge in [-0.2, -0.15) is 0 Å². The van der Waals surface area contributed by atoms with E-state index in [0.717, 1.165) is 11.1 Å². The van der Waals surface area contributed by atoms with Crippen molar-refractivity contribution >= 4 is 29.2 Å². The molecule has 0 aliphatic heterocycles. The highest BCUT2D eigenvalue weighted by atomic mass is 16.5. The molecule has 4 rings (SSSR count). The van der Waals surface area contributed by atoms with E-state index in [-0.39, 0.29) is 17.4 Å². The zero-order valence-electron chi connectivity index (χ0n) is 21.1. The molecular weight excluding hydrogens is 484 g/mol. The van der Waals surface area contributed by atoms with Gasteiger partial charge in [-0.05, 0) is 110 Å². The first-order chi connectivity index (χ1) is 18.1. The van der Waals surface area contributed by atoms with Gasteiger partial charge in [0.25, 0.3) is 5.91 Å². The number of aryl methyl sites for hydroxylation is 2. The molecule has 0 saturated carbocycles. The highest BCUT2D eigenvalue weighted by Gasteiger charge is 2.11. The lowest BCUT2D eigenvalue weighted by Gasteiger charge is -2.12. The molecule has 4 aromatic rings. The molecule has 192 valence electrons. The van der Waals surface area contributed by atoms with E-state index < -0.39 is 5.97 Å². The number of hydrogen-bond donors (Lipinski definition) is 3. The molecule has 0 spiro atoms. The quantitative estimate of drug-likeness (QED) is 0.240. The van der Waals surface area contributed by atoms with Gasteiger partial charge in [0.2, 0.25) is 5.91 Å². The van der Waals surface area contributed by atoms with E-state index in [1.54, 1.807) is 79.7 Å². The summed E-state index contributed by atoms with van der Waals surface area (Å²) in [7, 11) is 0. The molecule has 3 N–H and O–H groups in total. The van der Waals surface area contributed by atoms with Crippen molar-refractivity contribution in [3.8, 4) is 23.0 Å². The lowest BCUT2D eigenvalue weighted by Crippen LogP contribution is -2.12. The fraction of sp³-hybridized carbons (Fsp3) is 0.100. The first kappa shape index (κ1) is 26.0. The van der Waals surface area contributed by atoms with Gasteiger partial charge in [-0.15, -0.1) is 0 Å². The van der Waals surface area contributed by atoms with Gasteiger partial charge in [0.15, 0.2) is 0 Å². The maximum absolute atomic E-state index is 12.9. The predicted molar refractivity (Wildman–Crippen MR) is 145 cm³/mol. The minimum atomic E-state index is -1.03. The Morgan fingerprint density at radius 2 is 1.05 bits per heavy atom. The van der Waals surface area contributed by atoms with Gasteiger partial charge in [0.05, 0.1) is 5.56 Å². The van der Waals surface area contributed by atoms with E-state index in [0.29, 0.717) is 39.9 Å². The number of carbonyl (C=O) groups is 3. The average molecular weight is 511 g/mol. The molecule has 0 fully saturated rings. The Hall–Kier alpha value is -5.11. The maximum Gasteiger partial charge on any atom is 0.335 e. The summed E-state index contributed by atoms with van der Waals surface area (Å²) in [5, 5.41) is 14.8. The second-order valence-corrected chi connectivity index (χ2v) is 8.76. The number of aromatic carboxylic acids is 1. The minimum Gasteiger partial charge on any atom is -0.478 e. The van der Waals surface area contributed by atoms with Crippen molar-refractivity contribution < 1.29 is 29.0 Å². The molecule has 8 heteroatoms. The maximum atomic E-state index is 12.9. The largest absolute Gasteiger partial charge is 0.478 e. The summed E-state index contributed by atoms with van der Waals surface area (Å²) in [6.07, 6.45) is 0. The highest BCUT2D eigenvalue weighted by molar-refractivity contribution is 6.04. The van der Waals surface area contributed by atoms with Crippen LogP contribution in [0.4, 0.5) is 11.4 Å². The minimum absolute atomic E-state index is 0.146. The number of carboxylic acid groups (broad SMARTS) is 1. The van der Waals surface area contributed by atoms with E-state index >= 15 is 0 Å². The molecule has 0 heterocycles. The van der Waals surface area contributed by atoms with Crippen LogP contribution in [-0.2, 0) is 4.79 Å².